The van der Waals surface area contributed by atoms with Gasteiger partial charge in [0.15, 0.2) is 0 Å². The van der Waals surface area contributed by atoms with Crippen LogP contribution in [-0.4, -0.2) is 48.3 Å². The molecule has 0 aromatic carbocycles. The van der Waals surface area contributed by atoms with Crippen molar-refractivity contribution in [2.75, 3.05) is 13.2 Å². The van der Waals surface area contributed by atoms with Crippen molar-refractivity contribution >= 4 is 35.7 Å². The third-order valence-corrected chi connectivity index (χ3v) is 7.59. The molecule has 0 aromatic heterocycles. The number of thiol groups is 1. The van der Waals surface area contributed by atoms with Crippen LogP contribution in [0.4, 0.5) is 4.79 Å². The maximum atomic E-state index is 12.9. The Morgan fingerprint density at radius 2 is 1.82 bits per heavy atom. The van der Waals surface area contributed by atoms with Crippen LogP contribution in [0.2, 0.25) is 0 Å². The van der Waals surface area contributed by atoms with Gasteiger partial charge >= 0.3 is 6.09 Å². The van der Waals surface area contributed by atoms with Crippen molar-refractivity contribution in [3.05, 3.63) is 0 Å². The minimum atomic E-state index is -0.884. The molecule has 3 rings (SSSR count). The van der Waals surface area contributed by atoms with Crippen molar-refractivity contribution in [3.63, 3.8) is 0 Å². The van der Waals surface area contributed by atoms with Gasteiger partial charge in [-0.05, 0) is 49.4 Å². The van der Waals surface area contributed by atoms with E-state index < -0.39 is 29.2 Å². The zero-order valence-corrected chi connectivity index (χ0v) is 20.7. The second kappa shape index (κ2) is 12.1. The van der Waals surface area contributed by atoms with Crippen molar-refractivity contribution in [1.82, 2.24) is 16.0 Å². The van der Waals surface area contributed by atoms with E-state index in [1.165, 1.54) is 32.1 Å². The lowest BCUT2D eigenvalue weighted by atomic mass is 9.85. The molecule has 186 valence electrons. The summed E-state index contributed by atoms with van der Waals surface area (Å²) in [5, 5.41) is 7.60. The number of ether oxygens (including phenoxy) is 1. The number of alkyl carbamates (subject to hydrolysis) is 1. The second-order valence-electron chi connectivity index (χ2n) is 10.4. The molecule has 3 N–H and O–H groups in total. The van der Waals surface area contributed by atoms with E-state index in [9.17, 15) is 19.2 Å². The Morgan fingerprint density at radius 3 is 2.42 bits per heavy atom. The van der Waals surface area contributed by atoms with Crippen LogP contribution < -0.4 is 16.0 Å². The summed E-state index contributed by atoms with van der Waals surface area (Å²) >= 11 is 3.90. The Balaban J connectivity index is 1.48. The minimum Gasteiger partial charge on any atom is -0.449 e. The second-order valence-corrected chi connectivity index (χ2v) is 10.8. The highest BCUT2D eigenvalue weighted by Crippen LogP contribution is 2.49. The van der Waals surface area contributed by atoms with Crippen LogP contribution in [0.3, 0.4) is 0 Å². The quantitative estimate of drug-likeness (QED) is 0.339. The summed E-state index contributed by atoms with van der Waals surface area (Å²) < 4.78 is 5.46. The van der Waals surface area contributed by atoms with Gasteiger partial charge in [-0.2, -0.15) is 0 Å². The first-order valence-corrected chi connectivity index (χ1v) is 12.9. The molecule has 9 heteroatoms. The van der Waals surface area contributed by atoms with Crippen LogP contribution >= 0.6 is 12.6 Å². The molecule has 0 unspecified atom stereocenters. The molecule has 1 aliphatic heterocycles. The van der Waals surface area contributed by atoms with Gasteiger partial charge in [-0.15, -0.1) is 12.6 Å². The fourth-order valence-electron chi connectivity index (χ4n) is 5.32. The van der Waals surface area contributed by atoms with Gasteiger partial charge in [0.2, 0.25) is 16.9 Å². The van der Waals surface area contributed by atoms with Gasteiger partial charge in [-0.25, -0.2) is 4.79 Å². The molecule has 2 saturated carbocycles. The SMILES string of the molecule is CC(C)C[C@H](NC(=O)OC[C@H]1C[C@@H]1C1CCCCC1)C(=O)N[C@@H](C[C@@H]1CCNC1=O)C(=O)S. The zero-order valence-electron chi connectivity index (χ0n) is 19.8. The molecule has 3 amide bonds. The van der Waals surface area contributed by atoms with E-state index in [2.05, 4.69) is 28.6 Å². The van der Waals surface area contributed by atoms with Gasteiger partial charge in [-0.3, -0.25) is 14.4 Å². The lowest BCUT2D eigenvalue weighted by Gasteiger charge is -2.24. The lowest BCUT2D eigenvalue weighted by Crippen LogP contribution is -2.52. The fourth-order valence-corrected chi connectivity index (χ4v) is 5.49. The maximum Gasteiger partial charge on any atom is 0.407 e. The van der Waals surface area contributed by atoms with E-state index in [4.69, 9.17) is 4.74 Å². The van der Waals surface area contributed by atoms with E-state index >= 15 is 0 Å². The molecule has 0 aromatic rings. The van der Waals surface area contributed by atoms with Crippen molar-refractivity contribution in [3.8, 4) is 0 Å². The Hall–Kier alpha value is -1.77. The predicted octanol–water partition coefficient (Wildman–Crippen LogP) is 2.81. The van der Waals surface area contributed by atoms with Crippen LogP contribution in [0.5, 0.6) is 0 Å². The summed E-state index contributed by atoms with van der Waals surface area (Å²) in [4.78, 5) is 49.2. The minimum absolute atomic E-state index is 0.115. The first kappa shape index (κ1) is 25.8. The summed E-state index contributed by atoms with van der Waals surface area (Å²) in [5.74, 6) is 1.11. The summed E-state index contributed by atoms with van der Waals surface area (Å²) in [6.45, 7) is 4.86. The number of rotatable bonds is 11. The topological polar surface area (TPSA) is 114 Å². The summed E-state index contributed by atoms with van der Waals surface area (Å²) in [6, 6.07) is -1.71. The number of carbonyl (C=O) groups excluding carboxylic acids is 4. The predicted molar refractivity (Wildman–Crippen MR) is 128 cm³/mol. The van der Waals surface area contributed by atoms with Gasteiger partial charge in [0, 0.05) is 12.5 Å². The Labute approximate surface area is 202 Å². The first-order chi connectivity index (χ1) is 15.7. The normalized spacial score (nSPS) is 26.9. The highest BCUT2D eigenvalue weighted by molar-refractivity contribution is 7.96. The molecule has 1 heterocycles. The van der Waals surface area contributed by atoms with Crippen molar-refractivity contribution in [2.24, 2.45) is 29.6 Å². The maximum absolute atomic E-state index is 12.9. The molecule has 8 nitrogen and oxygen atoms in total. The Bertz CT molecular complexity index is 725. The third kappa shape index (κ3) is 7.90. The molecule has 2 aliphatic carbocycles. The molecule has 5 atom stereocenters. The Morgan fingerprint density at radius 1 is 1.09 bits per heavy atom. The largest absolute Gasteiger partial charge is 0.449 e. The molecular formula is C24H39N3O5S. The van der Waals surface area contributed by atoms with Crippen LogP contribution in [0.25, 0.3) is 0 Å². The summed E-state index contributed by atoms with van der Waals surface area (Å²) in [7, 11) is 0. The van der Waals surface area contributed by atoms with Gasteiger partial charge in [0.25, 0.3) is 0 Å². The van der Waals surface area contributed by atoms with E-state index in [1.54, 1.807) is 0 Å². The molecule has 3 aliphatic rings. The van der Waals surface area contributed by atoms with Crippen LogP contribution in [0.15, 0.2) is 0 Å². The van der Waals surface area contributed by atoms with Crippen molar-refractivity contribution in [1.29, 1.82) is 0 Å². The lowest BCUT2D eigenvalue weighted by molar-refractivity contribution is -0.128. The van der Waals surface area contributed by atoms with Crippen LogP contribution in [-0.2, 0) is 19.1 Å². The third-order valence-electron chi connectivity index (χ3n) is 7.27. The monoisotopic (exact) mass is 481 g/mol. The molecule has 33 heavy (non-hydrogen) atoms. The average Bonchev–Trinajstić information content (AvgIpc) is 3.45. The summed E-state index contributed by atoms with van der Waals surface area (Å²) in [6.07, 6.45) is 8.27. The van der Waals surface area contributed by atoms with Gasteiger partial charge in [0.1, 0.15) is 6.04 Å². The number of carbonyl (C=O) groups is 4. The number of hydrogen-bond donors (Lipinski definition) is 4. The number of nitrogens with one attached hydrogen (secondary N) is 3. The molecule has 0 bridgehead atoms. The number of hydrogen-bond acceptors (Lipinski definition) is 5. The Kier molecular flexibility index (Phi) is 9.47. The van der Waals surface area contributed by atoms with E-state index in [0.717, 1.165) is 12.3 Å². The molecule has 0 radical (unpaired) electrons. The van der Waals surface area contributed by atoms with Gasteiger partial charge < -0.3 is 20.7 Å². The van der Waals surface area contributed by atoms with E-state index in [-0.39, 0.29) is 24.2 Å². The molecular weight excluding hydrogens is 442 g/mol. The van der Waals surface area contributed by atoms with E-state index in [1.807, 2.05) is 13.8 Å². The fraction of sp³-hybridized carbons (Fsp3) is 0.833. The van der Waals surface area contributed by atoms with E-state index in [0.29, 0.717) is 37.8 Å². The number of amides is 3. The van der Waals surface area contributed by atoms with Crippen molar-refractivity contribution in [2.45, 2.75) is 83.7 Å². The first-order valence-electron chi connectivity index (χ1n) is 12.5. The average molecular weight is 482 g/mol. The smallest absolute Gasteiger partial charge is 0.407 e. The summed E-state index contributed by atoms with van der Waals surface area (Å²) in [5.41, 5.74) is 0. The molecule has 3 fully saturated rings. The van der Waals surface area contributed by atoms with Crippen molar-refractivity contribution < 1.29 is 23.9 Å². The van der Waals surface area contributed by atoms with Gasteiger partial charge in [0.05, 0.1) is 12.6 Å². The zero-order chi connectivity index (χ0) is 24.0. The molecule has 1 saturated heterocycles. The molecule has 0 spiro atoms. The van der Waals surface area contributed by atoms with Crippen LogP contribution in [0.1, 0.15) is 71.6 Å². The highest BCUT2D eigenvalue weighted by Gasteiger charge is 2.43. The van der Waals surface area contributed by atoms with Gasteiger partial charge in [-0.1, -0.05) is 46.0 Å². The standard InChI is InChI=1S/C24H39N3O5S/c1-14(2)10-19(22(29)26-20(23(30)33)12-16-8-9-25-21(16)28)27-24(31)32-13-17-11-18(17)15-6-4-3-5-7-15/h14-20H,3-13H2,1-2H3,(H,25,28)(H,26,29)(H,27,31)(H,30,33)/t16-,17+,18+,19-,20-/m0/s1. The highest BCUT2D eigenvalue weighted by atomic mass is 32.1. The van der Waals surface area contributed by atoms with Crippen LogP contribution in [0, 0.1) is 29.6 Å².